The van der Waals surface area contributed by atoms with Crippen molar-refractivity contribution in [3.05, 3.63) is 29.8 Å². The van der Waals surface area contributed by atoms with Crippen molar-refractivity contribution < 1.29 is 9.47 Å². The topological polar surface area (TPSA) is 18.5 Å². The average Bonchev–Trinajstić information content (AvgIpc) is 2.35. The number of benzene rings is 1. The summed E-state index contributed by atoms with van der Waals surface area (Å²) in [5, 5.41) is 0. The first kappa shape index (κ1) is 13.8. The molecule has 0 heterocycles. The molecule has 0 saturated heterocycles. The van der Waals surface area contributed by atoms with Crippen LogP contribution in [-0.2, 0) is 4.74 Å². The Morgan fingerprint density at radius 1 is 1.31 bits per heavy atom. The molecule has 2 atom stereocenters. The quantitative estimate of drug-likeness (QED) is 0.579. The van der Waals surface area contributed by atoms with Gasteiger partial charge in [-0.25, -0.2) is 0 Å². The van der Waals surface area contributed by atoms with Gasteiger partial charge in [0.15, 0.2) is 0 Å². The minimum atomic E-state index is 0.117. The second kappa shape index (κ2) is 7.12. The maximum Gasteiger partial charge on any atom is 0.124 e. The molecule has 0 N–H and O–H groups in total. The maximum absolute atomic E-state index is 5.99. The third-order valence-corrected chi connectivity index (χ3v) is 3.40. The van der Waals surface area contributed by atoms with Crippen LogP contribution in [0.25, 0.3) is 0 Å². The number of hydrogen-bond acceptors (Lipinski definition) is 2. The van der Waals surface area contributed by atoms with Crippen molar-refractivity contribution in [2.45, 2.75) is 32.5 Å². The summed E-state index contributed by atoms with van der Waals surface area (Å²) in [6.45, 7) is 4.24. The summed E-state index contributed by atoms with van der Waals surface area (Å²) in [5.74, 6) is 0.910. The Hall–Kier alpha value is -0.290. The summed E-state index contributed by atoms with van der Waals surface area (Å²) in [5.41, 5.74) is 1.14. The second-order valence-corrected chi connectivity index (χ2v) is 4.62. The van der Waals surface area contributed by atoms with Gasteiger partial charge in [-0.1, -0.05) is 47.7 Å². The van der Waals surface area contributed by atoms with Crippen LogP contribution in [0.1, 0.15) is 31.9 Å². The highest BCUT2D eigenvalue weighted by Crippen LogP contribution is 2.30. The van der Waals surface area contributed by atoms with Gasteiger partial charge in [-0.3, -0.25) is 0 Å². The predicted molar refractivity (Wildman–Crippen MR) is 75.5 cm³/mol. The Kier molecular flexibility index (Phi) is 6.13. The van der Waals surface area contributed by atoms with Gasteiger partial charge in [0.1, 0.15) is 5.75 Å². The molecule has 1 aromatic rings. The molecule has 1 rings (SSSR count). The Morgan fingerprint density at radius 3 is 2.56 bits per heavy atom. The zero-order chi connectivity index (χ0) is 12.0. The molecule has 16 heavy (non-hydrogen) atoms. The SMILES string of the molecule is CCC(C)OC(CI)c1ccccc1OC. The molecular weight excluding hydrogens is 315 g/mol. The molecule has 0 aliphatic carbocycles. The smallest absolute Gasteiger partial charge is 0.124 e. The number of halogens is 1. The Morgan fingerprint density at radius 2 is 2.00 bits per heavy atom. The van der Waals surface area contributed by atoms with Gasteiger partial charge in [-0.15, -0.1) is 0 Å². The van der Waals surface area contributed by atoms with Crippen molar-refractivity contribution in [3.8, 4) is 5.75 Å². The molecule has 0 radical (unpaired) electrons. The molecule has 0 fully saturated rings. The lowest BCUT2D eigenvalue weighted by Gasteiger charge is -2.22. The lowest BCUT2D eigenvalue weighted by atomic mass is 10.1. The molecular formula is C13H19IO2. The van der Waals surface area contributed by atoms with Crippen LogP contribution in [0, 0.1) is 0 Å². The van der Waals surface area contributed by atoms with E-state index < -0.39 is 0 Å². The molecule has 0 bridgehead atoms. The van der Waals surface area contributed by atoms with Crippen LogP contribution in [0.4, 0.5) is 0 Å². The van der Waals surface area contributed by atoms with Crippen LogP contribution in [-0.4, -0.2) is 17.6 Å². The lowest BCUT2D eigenvalue weighted by molar-refractivity contribution is 0.00867. The van der Waals surface area contributed by atoms with Crippen LogP contribution in [0.15, 0.2) is 24.3 Å². The Bertz CT molecular complexity index is 315. The molecule has 0 aliphatic heterocycles. The van der Waals surface area contributed by atoms with Gasteiger partial charge in [0, 0.05) is 9.99 Å². The van der Waals surface area contributed by atoms with Gasteiger partial charge in [0.05, 0.1) is 19.3 Å². The van der Waals surface area contributed by atoms with E-state index in [2.05, 4.69) is 42.5 Å². The predicted octanol–water partition coefficient (Wildman–Crippen LogP) is 3.99. The first-order valence-corrected chi connectivity index (χ1v) is 7.09. The molecule has 0 aromatic heterocycles. The third kappa shape index (κ3) is 3.63. The molecule has 0 aliphatic rings. The van der Waals surface area contributed by atoms with Crippen LogP contribution in [0.2, 0.25) is 0 Å². The van der Waals surface area contributed by atoms with E-state index in [0.29, 0.717) is 0 Å². The summed E-state index contributed by atoms with van der Waals surface area (Å²) >= 11 is 2.36. The molecule has 2 unspecified atom stereocenters. The number of ether oxygens (including phenoxy) is 2. The summed E-state index contributed by atoms with van der Waals surface area (Å²) in [4.78, 5) is 0. The van der Waals surface area contributed by atoms with E-state index in [1.165, 1.54) is 0 Å². The molecule has 2 nitrogen and oxygen atoms in total. The largest absolute Gasteiger partial charge is 0.496 e. The molecule has 1 aromatic carbocycles. The van der Waals surface area contributed by atoms with Crippen molar-refractivity contribution in [2.75, 3.05) is 11.5 Å². The highest BCUT2D eigenvalue weighted by atomic mass is 127. The average molecular weight is 334 g/mol. The van der Waals surface area contributed by atoms with Gasteiger partial charge in [0.25, 0.3) is 0 Å². The van der Waals surface area contributed by atoms with Crippen LogP contribution in [0.3, 0.4) is 0 Å². The Balaban J connectivity index is 2.85. The normalized spacial score (nSPS) is 14.5. The van der Waals surface area contributed by atoms with Crippen molar-refractivity contribution in [3.63, 3.8) is 0 Å². The van der Waals surface area contributed by atoms with E-state index in [9.17, 15) is 0 Å². The Labute approximate surface area is 111 Å². The standard InChI is InChI=1S/C13H19IO2/c1-4-10(2)16-13(9-14)11-7-5-6-8-12(11)15-3/h5-8,10,13H,4,9H2,1-3H3. The van der Waals surface area contributed by atoms with Gasteiger partial charge < -0.3 is 9.47 Å². The van der Waals surface area contributed by atoms with Crippen molar-refractivity contribution in [1.29, 1.82) is 0 Å². The molecule has 0 saturated carbocycles. The monoisotopic (exact) mass is 334 g/mol. The highest BCUT2D eigenvalue weighted by Gasteiger charge is 2.17. The van der Waals surface area contributed by atoms with Crippen molar-refractivity contribution in [2.24, 2.45) is 0 Å². The summed E-state index contributed by atoms with van der Waals surface area (Å²) in [7, 11) is 1.70. The van der Waals surface area contributed by atoms with Crippen molar-refractivity contribution in [1.82, 2.24) is 0 Å². The highest BCUT2D eigenvalue weighted by molar-refractivity contribution is 14.1. The first-order valence-electron chi connectivity index (χ1n) is 5.57. The first-order chi connectivity index (χ1) is 7.72. The number of methoxy groups -OCH3 is 1. The molecule has 0 spiro atoms. The van der Waals surface area contributed by atoms with Gasteiger partial charge >= 0.3 is 0 Å². The van der Waals surface area contributed by atoms with E-state index in [1.807, 2.05) is 18.2 Å². The van der Waals surface area contributed by atoms with Crippen LogP contribution in [0.5, 0.6) is 5.75 Å². The van der Waals surface area contributed by atoms with Gasteiger partial charge in [0.2, 0.25) is 0 Å². The van der Waals surface area contributed by atoms with E-state index in [1.54, 1.807) is 7.11 Å². The zero-order valence-electron chi connectivity index (χ0n) is 10.1. The lowest BCUT2D eigenvalue weighted by Crippen LogP contribution is -2.14. The van der Waals surface area contributed by atoms with E-state index >= 15 is 0 Å². The van der Waals surface area contributed by atoms with Crippen molar-refractivity contribution >= 4 is 22.6 Å². The number of hydrogen-bond donors (Lipinski definition) is 0. The summed E-state index contributed by atoms with van der Waals surface area (Å²) < 4.78 is 12.3. The third-order valence-electron chi connectivity index (χ3n) is 2.60. The molecule has 0 amide bonds. The number of alkyl halides is 1. The van der Waals surface area contributed by atoms with E-state index in [0.717, 1.165) is 22.2 Å². The van der Waals surface area contributed by atoms with Gasteiger partial charge in [-0.05, 0) is 19.4 Å². The maximum atomic E-state index is 5.99. The molecule has 3 heteroatoms. The molecule has 90 valence electrons. The fraction of sp³-hybridized carbons (Fsp3) is 0.538. The fourth-order valence-electron chi connectivity index (χ4n) is 1.50. The van der Waals surface area contributed by atoms with Gasteiger partial charge in [-0.2, -0.15) is 0 Å². The minimum absolute atomic E-state index is 0.117. The van der Waals surface area contributed by atoms with E-state index in [4.69, 9.17) is 9.47 Å². The van der Waals surface area contributed by atoms with Crippen LogP contribution < -0.4 is 4.74 Å². The van der Waals surface area contributed by atoms with E-state index in [-0.39, 0.29) is 12.2 Å². The minimum Gasteiger partial charge on any atom is -0.496 e. The zero-order valence-corrected chi connectivity index (χ0v) is 12.2. The summed E-state index contributed by atoms with van der Waals surface area (Å²) in [6, 6.07) is 8.06. The number of rotatable bonds is 6. The second-order valence-electron chi connectivity index (χ2n) is 3.74. The van der Waals surface area contributed by atoms with Crippen LogP contribution >= 0.6 is 22.6 Å². The number of para-hydroxylation sites is 1. The fourth-order valence-corrected chi connectivity index (χ4v) is 2.18. The summed E-state index contributed by atoms with van der Waals surface area (Å²) in [6.07, 6.45) is 1.43.